The maximum atomic E-state index is 13.2. The van der Waals surface area contributed by atoms with E-state index in [1.807, 2.05) is 0 Å². The van der Waals surface area contributed by atoms with Crippen molar-refractivity contribution in [1.29, 1.82) is 5.26 Å². The molecule has 2 N–H and O–H groups in total. The van der Waals surface area contributed by atoms with Crippen LogP contribution in [-0.2, 0) is 0 Å². The van der Waals surface area contributed by atoms with Crippen molar-refractivity contribution in [3.05, 3.63) is 23.8 Å². The van der Waals surface area contributed by atoms with E-state index in [0.717, 1.165) is 18.0 Å². The molecule has 3 aliphatic carbocycles. The minimum atomic E-state index is -9.91. The molecular formula is C17H20F5N3OS2. The second-order valence-electron chi connectivity index (χ2n) is 7.61. The van der Waals surface area contributed by atoms with Crippen LogP contribution in [0.25, 0.3) is 0 Å². The summed E-state index contributed by atoms with van der Waals surface area (Å²) in [5, 5.41) is 12.1. The van der Waals surface area contributed by atoms with Crippen molar-refractivity contribution in [3.8, 4) is 6.07 Å². The summed E-state index contributed by atoms with van der Waals surface area (Å²) in [6.45, 7) is 0. The van der Waals surface area contributed by atoms with E-state index in [-0.39, 0.29) is 23.2 Å². The number of nitrogens with one attached hydrogen (secondary N) is 2. The molecule has 0 spiro atoms. The largest absolute Gasteiger partial charge is 0.347 e. The third-order valence-corrected chi connectivity index (χ3v) is 7.32. The second kappa shape index (κ2) is 5.92. The molecule has 2 bridgehead atoms. The fourth-order valence-corrected chi connectivity index (χ4v) is 5.06. The maximum Gasteiger partial charge on any atom is 0.310 e. The zero-order valence-corrected chi connectivity index (χ0v) is 16.7. The van der Waals surface area contributed by atoms with E-state index in [2.05, 4.69) is 16.1 Å². The van der Waals surface area contributed by atoms with Crippen molar-refractivity contribution < 1.29 is 24.2 Å². The molecule has 0 heterocycles. The lowest BCUT2D eigenvalue weighted by molar-refractivity contribution is 0.0521. The molecule has 1 aromatic rings. The van der Waals surface area contributed by atoms with Gasteiger partial charge in [0, 0.05) is 11.8 Å². The average Bonchev–Trinajstić information content (AvgIpc) is 2.61. The van der Waals surface area contributed by atoms with Crippen molar-refractivity contribution >= 4 is 33.8 Å². The van der Waals surface area contributed by atoms with Gasteiger partial charge in [0.1, 0.15) is 4.90 Å². The van der Waals surface area contributed by atoms with Crippen molar-refractivity contribution in [2.75, 3.05) is 11.0 Å². The Morgan fingerprint density at radius 2 is 1.68 bits per heavy atom. The van der Waals surface area contributed by atoms with Gasteiger partial charge in [-0.2, -0.15) is 5.26 Å². The van der Waals surface area contributed by atoms with Crippen LogP contribution in [0.4, 0.5) is 25.1 Å². The van der Waals surface area contributed by atoms with E-state index in [9.17, 15) is 29.5 Å². The number of nitriles is 1. The minimum Gasteiger partial charge on any atom is -0.347 e. The van der Waals surface area contributed by atoms with Crippen LogP contribution in [0.2, 0.25) is 0 Å². The Labute approximate surface area is 164 Å². The maximum absolute atomic E-state index is 13.2. The zero-order valence-electron chi connectivity index (χ0n) is 15.0. The van der Waals surface area contributed by atoms with Gasteiger partial charge in [-0.25, -0.2) is 0 Å². The monoisotopic (exact) mass is 441 g/mol. The fourth-order valence-electron chi connectivity index (χ4n) is 4.00. The van der Waals surface area contributed by atoms with E-state index in [1.54, 1.807) is 6.26 Å². The molecule has 3 saturated carbocycles. The number of carbonyl (C=O) groups is 1. The predicted molar refractivity (Wildman–Crippen MR) is 101 cm³/mol. The summed E-state index contributed by atoms with van der Waals surface area (Å²) in [7, 11) is -9.91. The summed E-state index contributed by atoms with van der Waals surface area (Å²) in [6.07, 6.45) is 5.03. The predicted octanol–water partition coefficient (Wildman–Crippen LogP) is 6.38. The van der Waals surface area contributed by atoms with Gasteiger partial charge in [0.25, 0.3) is 5.91 Å². The van der Waals surface area contributed by atoms with Crippen LogP contribution < -0.4 is 10.0 Å². The molecular weight excluding hydrogens is 421 g/mol. The van der Waals surface area contributed by atoms with Gasteiger partial charge >= 0.3 is 10.2 Å². The van der Waals surface area contributed by atoms with E-state index < -0.39 is 32.1 Å². The van der Waals surface area contributed by atoms with Crippen molar-refractivity contribution in [3.63, 3.8) is 0 Å². The molecule has 1 aromatic carbocycles. The van der Waals surface area contributed by atoms with Gasteiger partial charge in [-0.15, -0.1) is 0 Å². The number of halogens is 5. The van der Waals surface area contributed by atoms with Crippen LogP contribution in [0.1, 0.15) is 48.9 Å². The molecule has 156 valence electrons. The lowest BCUT2D eigenvalue weighted by Gasteiger charge is -2.50. The van der Waals surface area contributed by atoms with Gasteiger partial charge in [-0.05, 0) is 56.7 Å². The highest BCUT2D eigenvalue weighted by molar-refractivity contribution is 8.45. The van der Waals surface area contributed by atoms with E-state index in [0.29, 0.717) is 38.5 Å². The first-order valence-electron chi connectivity index (χ1n) is 8.63. The topological polar surface area (TPSA) is 64.9 Å². The van der Waals surface area contributed by atoms with Crippen LogP contribution in [0.3, 0.4) is 0 Å². The Morgan fingerprint density at radius 3 is 2.14 bits per heavy atom. The Morgan fingerprint density at radius 1 is 1.11 bits per heavy atom. The van der Waals surface area contributed by atoms with Gasteiger partial charge in [0.15, 0.2) is 0 Å². The Balaban J connectivity index is 1.92. The molecule has 0 unspecified atom stereocenters. The third kappa shape index (κ3) is 4.03. The van der Waals surface area contributed by atoms with E-state index in [4.69, 9.17) is 0 Å². The molecule has 3 aliphatic rings. The summed E-state index contributed by atoms with van der Waals surface area (Å²) in [5.74, 6) is -0.827. The van der Waals surface area contributed by atoms with Crippen LogP contribution in [0, 0.1) is 16.7 Å². The summed E-state index contributed by atoms with van der Waals surface area (Å²) < 4.78 is 68.7. The first-order chi connectivity index (χ1) is 12.7. The highest BCUT2D eigenvalue weighted by Gasteiger charge is 2.65. The van der Waals surface area contributed by atoms with Crippen molar-refractivity contribution in [2.24, 2.45) is 5.41 Å². The normalized spacial score (nSPS) is 29.3. The molecule has 11 heteroatoms. The lowest BCUT2D eigenvalue weighted by atomic mass is 9.58. The van der Waals surface area contributed by atoms with Gasteiger partial charge in [0.2, 0.25) is 0 Å². The average molecular weight is 441 g/mol. The SMILES string of the molecule is CSNc1ccc(S(F)(F)(F)(F)F)cc1C(=O)NC12CCC(C#N)(CC1)CC2. The highest BCUT2D eigenvalue weighted by atomic mass is 32.5. The fraction of sp³-hybridized carbons (Fsp3) is 0.529. The summed E-state index contributed by atoms with van der Waals surface area (Å²) >= 11 is 1.03. The van der Waals surface area contributed by atoms with Crippen molar-refractivity contribution in [1.82, 2.24) is 5.32 Å². The quantitative estimate of drug-likeness (QED) is 0.411. The van der Waals surface area contributed by atoms with Crippen LogP contribution in [0.5, 0.6) is 0 Å². The zero-order chi connectivity index (χ0) is 20.9. The van der Waals surface area contributed by atoms with Gasteiger partial charge in [-0.1, -0.05) is 31.4 Å². The third-order valence-electron chi connectivity index (χ3n) is 5.76. The van der Waals surface area contributed by atoms with Gasteiger partial charge in [0.05, 0.1) is 22.7 Å². The number of nitrogens with zero attached hydrogens (tertiary/aromatic N) is 1. The van der Waals surface area contributed by atoms with Gasteiger partial charge in [-0.3, -0.25) is 4.79 Å². The summed E-state index contributed by atoms with van der Waals surface area (Å²) in [4.78, 5) is 10.7. The Bertz CT molecular complexity index is 842. The molecule has 0 aromatic heterocycles. The van der Waals surface area contributed by atoms with Crippen LogP contribution in [-0.4, -0.2) is 17.7 Å². The Hall–Kier alpha value is -1.67. The van der Waals surface area contributed by atoms with E-state index in [1.165, 1.54) is 0 Å². The van der Waals surface area contributed by atoms with E-state index >= 15 is 0 Å². The molecule has 4 nitrogen and oxygen atoms in total. The molecule has 0 radical (unpaired) electrons. The number of carbonyl (C=O) groups excluding carboxylic acids is 1. The molecule has 3 fully saturated rings. The molecule has 28 heavy (non-hydrogen) atoms. The first kappa shape index (κ1) is 21.0. The first-order valence-corrected chi connectivity index (χ1v) is 11.8. The smallest absolute Gasteiger partial charge is 0.310 e. The number of rotatable bonds is 5. The van der Waals surface area contributed by atoms with Crippen molar-refractivity contribution in [2.45, 2.75) is 49.0 Å². The minimum absolute atomic E-state index is 0.0324. The number of amides is 1. The second-order valence-corrected chi connectivity index (χ2v) is 10.6. The molecule has 4 rings (SSSR count). The molecule has 1 amide bonds. The number of benzene rings is 1. The van der Waals surface area contributed by atoms with Gasteiger partial charge < -0.3 is 10.0 Å². The number of hydrogen-bond donors (Lipinski definition) is 2. The molecule has 0 saturated heterocycles. The highest BCUT2D eigenvalue weighted by Crippen LogP contribution is 3.02. The Kier molecular flexibility index (Phi) is 4.45. The number of hydrogen-bond acceptors (Lipinski definition) is 4. The molecule has 0 aliphatic heterocycles. The number of anilines is 1. The van der Waals surface area contributed by atoms with Crippen LogP contribution >= 0.6 is 22.2 Å². The molecule has 0 atom stereocenters. The standard InChI is InChI=1S/C17H20F5N3OS2/c1-27-25-14-3-2-12(28(18,19,20,21)22)10-13(14)15(26)24-17-7-4-16(11-23,5-8-17)6-9-17/h2-3,10,25H,4-9H2,1H3,(H,24,26). The van der Waals surface area contributed by atoms with Crippen LogP contribution in [0.15, 0.2) is 23.1 Å². The summed E-state index contributed by atoms with van der Waals surface area (Å²) in [5.41, 5.74) is -1.45. The lowest BCUT2D eigenvalue weighted by Crippen LogP contribution is -2.56. The number of fused-ring (bicyclic) bond motifs is 3. The summed E-state index contributed by atoms with van der Waals surface area (Å²) in [6, 6.07) is 3.69.